The molecule has 0 unspecified atom stereocenters. The SMILES string of the molecule is Cc1ccccc1CCNC(=O)CN1CCC(O)CC1. The molecule has 2 N–H and O–H groups in total. The molecule has 1 aliphatic rings. The molecule has 0 spiro atoms. The third-order valence-electron chi connectivity index (χ3n) is 3.90. The van der Waals surface area contributed by atoms with Gasteiger partial charge in [-0.1, -0.05) is 24.3 Å². The molecule has 0 aliphatic carbocycles. The zero-order valence-corrected chi connectivity index (χ0v) is 12.1. The van der Waals surface area contributed by atoms with Gasteiger partial charge in [0.25, 0.3) is 0 Å². The van der Waals surface area contributed by atoms with E-state index in [4.69, 9.17) is 0 Å². The first kappa shape index (κ1) is 15.0. The Kier molecular flexibility index (Phi) is 5.56. The first-order valence-corrected chi connectivity index (χ1v) is 7.37. The molecule has 1 aliphatic heterocycles. The van der Waals surface area contributed by atoms with Crippen molar-refractivity contribution in [1.29, 1.82) is 0 Å². The monoisotopic (exact) mass is 276 g/mol. The van der Waals surface area contributed by atoms with Crippen molar-refractivity contribution < 1.29 is 9.90 Å². The van der Waals surface area contributed by atoms with Crippen molar-refractivity contribution in [2.45, 2.75) is 32.3 Å². The number of hydrogen-bond donors (Lipinski definition) is 2. The van der Waals surface area contributed by atoms with Crippen molar-refractivity contribution in [3.8, 4) is 0 Å². The van der Waals surface area contributed by atoms with Gasteiger partial charge in [-0.2, -0.15) is 0 Å². The lowest BCUT2D eigenvalue weighted by atomic mass is 10.1. The average Bonchev–Trinajstić information content (AvgIpc) is 2.43. The van der Waals surface area contributed by atoms with Gasteiger partial charge in [0.1, 0.15) is 0 Å². The van der Waals surface area contributed by atoms with E-state index in [9.17, 15) is 9.90 Å². The highest BCUT2D eigenvalue weighted by atomic mass is 16.3. The summed E-state index contributed by atoms with van der Waals surface area (Å²) >= 11 is 0. The lowest BCUT2D eigenvalue weighted by Crippen LogP contribution is -2.43. The minimum absolute atomic E-state index is 0.0787. The van der Waals surface area contributed by atoms with E-state index in [1.54, 1.807) is 0 Å². The lowest BCUT2D eigenvalue weighted by Gasteiger charge is -2.28. The number of aliphatic hydroxyl groups is 1. The zero-order valence-electron chi connectivity index (χ0n) is 12.1. The summed E-state index contributed by atoms with van der Waals surface area (Å²) in [5, 5.41) is 12.4. The molecule has 4 nitrogen and oxygen atoms in total. The van der Waals surface area contributed by atoms with Gasteiger partial charge in [-0.05, 0) is 37.3 Å². The van der Waals surface area contributed by atoms with Crippen molar-refractivity contribution in [2.24, 2.45) is 0 Å². The van der Waals surface area contributed by atoms with Crippen LogP contribution in [0, 0.1) is 6.92 Å². The van der Waals surface area contributed by atoms with Gasteiger partial charge in [0.2, 0.25) is 5.91 Å². The zero-order chi connectivity index (χ0) is 14.4. The maximum Gasteiger partial charge on any atom is 0.234 e. The van der Waals surface area contributed by atoms with E-state index in [2.05, 4.69) is 29.3 Å². The van der Waals surface area contributed by atoms with Crippen LogP contribution in [0.4, 0.5) is 0 Å². The first-order chi connectivity index (χ1) is 9.65. The fourth-order valence-electron chi connectivity index (χ4n) is 2.56. The van der Waals surface area contributed by atoms with Gasteiger partial charge < -0.3 is 10.4 Å². The molecule has 20 heavy (non-hydrogen) atoms. The smallest absolute Gasteiger partial charge is 0.234 e. The molecule has 2 rings (SSSR count). The third kappa shape index (κ3) is 4.62. The number of likely N-dealkylation sites (tertiary alicyclic amines) is 1. The molecule has 1 aromatic rings. The predicted octanol–water partition coefficient (Wildman–Crippen LogP) is 1.11. The summed E-state index contributed by atoms with van der Waals surface area (Å²) in [7, 11) is 0. The highest BCUT2D eigenvalue weighted by Gasteiger charge is 2.18. The summed E-state index contributed by atoms with van der Waals surface area (Å²) < 4.78 is 0. The number of amides is 1. The highest BCUT2D eigenvalue weighted by molar-refractivity contribution is 5.78. The molecule has 1 aromatic carbocycles. The van der Waals surface area contributed by atoms with Crippen molar-refractivity contribution in [3.05, 3.63) is 35.4 Å². The van der Waals surface area contributed by atoms with E-state index in [1.165, 1.54) is 11.1 Å². The quantitative estimate of drug-likeness (QED) is 0.847. The van der Waals surface area contributed by atoms with Crippen LogP contribution in [0.1, 0.15) is 24.0 Å². The van der Waals surface area contributed by atoms with Crippen molar-refractivity contribution >= 4 is 5.91 Å². The summed E-state index contributed by atoms with van der Waals surface area (Å²) in [5.41, 5.74) is 2.56. The minimum atomic E-state index is -0.185. The van der Waals surface area contributed by atoms with Gasteiger partial charge in [0.05, 0.1) is 12.6 Å². The number of rotatable bonds is 5. The third-order valence-corrected chi connectivity index (χ3v) is 3.90. The Hall–Kier alpha value is -1.39. The summed E-state index contributed by atoms with van der Waals surface area (Å²) in [5.74, 6) is 0.0787. The highest BCUT2D eigenvalue weighted by Crippen LogP contribution is 2.09. The van der Waals surface area contributed by atoms with E-state index >= 15 is 0 Å². The molecule has 0 saturated carbocycles. The van der Waals surface area contributed by atoms with Crippen LogP contribution in [0.15, 0.2) is 24.3 Å². The van der Waals surface area contributed by atoms with Crippen LogP contribution in [-0.2, 0) is 11.2 Å². The molecule has 1 fully saturated rings. The number of aryl methyl sites for hydroxylation is 1. The molecule has 4 heteroatoms. The number of carbonyl (C=O) groups is 1. The number of hydrogen-bond acceptors (Lipinski definition) is 3. The van der Waals surface area contributed by atoms with Gasteiger partial charge >= 0.3 is 0 Å². The number of carbonyl (C=O) groups excluding carboxylic acids is 1. The van der Waals surface area contributed by atoms with E-state index in [0.717, 1.165) is 32.4 Å². The molecule has 1 heterocycles. The lowest BCUT2D eigenvalue weighted by molar-refractivity contribution is -0.122. The maximum absolute atomic E-state index is 11.9. The molecular weight excluding hydrogens is 252 g/mol. The van der Waals surface area contributed by atoms with Crippen LogP contribution in [0.2, 0.25) is 0 Å². The van der Waals surface area contributed by atoms with Crippen LogP contribution in [0.25, 0.3) is 0 Å². The summed E-state index contributed by atoms with van der Waals surface area (Å²) in [6.07, 6.45) is 2.24. The summed E-state index contributed by atoms with van der Waals surface area (Å²) in [4.78, 5) is 14.0. The van der Waals surface area contributed by atoms with E-state index in [1.807, 2.05) is 12.1 Å². The Balaban J connectivity index is 1.67. The van der Waals surface area contributed by atoms with Crippen molar-refractivity contribution in [1.82, 2.24) is 10.2 Å². The fourth-order valence-corrected chi connectivity index (χ4v) is 2.56. The van der Waals surface area contributed by atoms with Gasteiger partial charge in [0, 0.05) is 19.6 Å². The Bertz CT molecular complexity index is 440. The van der Waals surface area contributed by atoms with Gasteiger partial charge in [-0.15, -0.1) is 0 Å². The fraction of sp³-hybridized carbons (Fsp3) is 0.562. The molecule has 0 radical (unpaired) electrons. The molecule has 1 amide bonds. The Morgan fingerprint density at radius 1 is 1.35 bits per heavy atom. The van der Waals surface area contributed by atoms with E-state index in [-0.39, 0.29) is 12.0 Å². The number of piperidine rings is 1. The topological polar surface area (TPSA) is 52.6 Å². The summed E-state index contributed by atoms with van der Waals surface area (Å²) in [6, 6.07) is 8.26. The first-order valence-electron chi connectivity index (χ1n) is 7.37. The summed E-state index contributed by atoms with van der Waals surface area (Å²) in [6.45, 7) is 4.84. The average molecular weight is 276 g/mol. The second-order valence-electron chi connectivity index (χ2n) is 5.53. The molecule has 0 aromatic heterocycles. The normalized spacial score (nSPS) is 17.1. The Labute approximate surface area is 120 Å². The van der Waals surface area contributed by atoms with Crippen LogP contribution >= 0.6 is 0 Å². The molecule has 0 atom stereocenters. The van der Waals surface area contributed by atoms with Crippen LogP contribution < -0.4 is 5.32 Å². The maximum atomic E-state index is 11.9. The minimum Gasteiger partial charge on any atom is -0.393 e. The number of aliphatic hydroxyl groups excluding tert-OH is 1. The van der Waals surface area contributed by atoms with Crippen molar-refractivity contribution in [3.63, 3.8) is 0 Å². The molecule has 110 valence electrons. The number of benzene rings is 1. The van der Waals surface area contributed by atoms with Crippen LogP contribution in [0.3, 0.4) is 0 Å². The molecule has 0 bridgehead atoms. The molecular formula is C16H24N2O2. The Morgan fingerprint density at radius 3 is 2.75 bits per heavy atom. The second kappa shape index (κ2) is 7.41. The van der Waals surface area contributed by atoms with Crippen LogP contribution in [-0.4, -0.2) is 48.2 Å². The standard InChI is InChI=1S/C16H24N2O2/c1-13-4-2-3-5-14(13)6-9-17-16(20)12-18-10-7-15(19)8-11-18/h2-5,15,19H,6-12H2,1H3,(H,17,20). The second-order valence-corrected chi connectivity index (χ2v) is 5.53. The Morgan fingerprint density at radius 2 is 2.05 bits per heavy atom. The van der Waals surface area contributed by atoms with Gasteiger partial charge in [0.15, 0.2) is 0 Å². The van der Waals surface area contributed by atoms with Gasteiger partial charge in [-0.3, -0.25) is 9.69 Å². The van der Waals surface area contributed by atoms with Crippen LogP contribution in [0.5, 0.6) is 0 Å². The predicted molar refractivity (Wildman–Crippen MR) is 79.6 cm³/mol. The van der Waals surface area contributed by atoms with Gasteiger partial charge in [-0.25, -0.2) is 0 Å². The van der Waals surface area contributed by atoms with E-state index < -0.39 is 0 Å². The molecule has 1 saturated heterocycles. The number of nitrogens with zero attached hydrogens (tertiary/aromatic N) is 1. The largest absolute Gasteiger partial charge is 0.393 e. The van der Waals surface area contributed by atoms with Crippen molar-refractivity contribution in [2.75, 3.05) is 26.2 Å². The van der Waals surface area contributed by atoms with E-state index in [0.29, 0.717) is 13.1 Å². The number of nitrogens with one attached hydrogen (secondary N) is 1.